The molecule has 0 aliphatic rings. The van der Waals surface area contributed by atoms with E-state index in [4.69, 9.17) is 5.73 Å². The predicted molar refractivity (Wildman–Crippen MR) is 88.8 cm³/mol. The number of likely N-dealkylation sites (N-methyl/N-ethyl adjacent to an activating group) is 1. The number of nitrogens with two attached hydrogens (primary N) is 1. The fourth-order valence-corrected chi connectivity index (χ4v) is 3.48. The van der Waals surface area contributed by atoms with Crippen molar-refractivity contribution < 1.29 is 0 Å². The Hall–Kier alpha value is -0.860. The molecular weight excluding hydrogens is 244 g/mol. The molecule has 114 valence electrons. The molecular formula is C18H32N2. The minimum absolute atomic E-state index is 0.268. The molecule has 0 saturated heterocycles. The molecule has 0 aliphatic heterocycles. The molecule has 2 heteroatoms. The maximum atomic E-state index is 6.99. The maximum Gasteiger partial charge on any atom is 0.0569 e. The van der Waals surface area contributed by atoms with Crippen molar-refractivity contribution in [1.82, 2.24) is 4.90 Å². The highest BCUT2D eigenvalue weighted by molar-refractivity contribution is 5.26. The molecule has 1 rings (SSSR count). The zero-order valence-corrected chi connectivity index (χ0v) is 13.9. The van der Waals surface area contributed by atoms with Gasteiger partial charge >= 0.3 is 0 Å². The molecule has 0 aliphatic carbocycles. The minimum atomic E-state index is -0.268. The van der Waals surface area contributed by atoms with Gasteiger partial charge in [-0.05, 0) is 37.4 Å². The van der Waals surface area contributed by atoms with Crippen molar-refractivity contribution in [2.75, 3.05) is 13.1 Å². The summed E-state index contributed by atoms with van der Waals surface area (Å²) in [5.41, 5.74) is 7.99. The summed E-state index contributed by atoms with van der Waals surface area (Å²) in [7, 11) is 0. The molecule has 2 unspecified atom stereocenters. The summed E-state index contributed by atoms with van der Waals surface area (Å²) in [4.78, 5) is 2.51. The molecule has 0 bridgehead atoms. The van der Waals surface area contributed by atoms with Crippen LogP contribution in [-0.4, -0.2) is 24.0 Å². The average Bonchev–Trinajstić information content (AvgIpc) is 2.44. The first-order valence-corrected chi connectivity index (χ1v) is 8.07. The number of rotatable bonds is 8. The molecule has 0 spiro atoms. The molecule has 0 heterocycles. The third-order valence-electron chi connectivity index (χ3n) is 4.29. The lowest BCUT2D eigenvalue weighted by Gasteiger charge is -2.44. The van der Waals surface area contributed by atoms with Gasteiger partial charge in [-0.15, -0.1) is 0 Å². The maximum absolute atomic E-state index is 6.99. The molecule has 1 aromatic rings. The Morgan fingerprint density at radius 1 is 1.05 bits per heavy atom. The first kappa shape index (κ1) is 17.2. The molecule has 0 aromatic heterocycles. The Bertz CT molecular complexity index is 370. The Balaban J connectivity index is 3.21. The van der Waals surface area contributed by atoms with Crippen molar-refractivity contribution >= 4 is 0 Å². The van der Waals surface area contributed by atoms with Gasteiger partial charge in [-0.3, -0.25) is 4.90 Å². The van der Waals surface area contributed by atoms with Crippen molar-refractivity contribution in [1.29, 1.82) is 0 Å². The highest BCUT2D eigenvalue weighted by atomic mass is 15.2. The predicted octanol–water partition coefficient (Wildman–Crippen LogP) is 4.01. The Kier molecular flexibility index (Phi) is 6.70. The van der Waals surface area contributed by atoms with Crippen molar-refractivity contribution in [3.8, 4) is 0 Å². The zero-order chi connectivity index (χ0) is 15.2. The third-order valence-corrected chi connectivity index (χ3v) is 4.29. The van der Waals surface area contributed by atoms with E-state index < -0.39 is 0 Å². The van der Waals surface area contributed by atoms with Gasteiger partial charge in [-0.25, -0.2) is 0 Å². The van der Waals surface area contributed by atoms with Crippen LogP contribution in [0.1, 0.15) is 53.0 Å². The average molecular weight is 276 g/mol. The number of benzene rings is 1. The van der Waals surface area contributed by atoms with Crippen LogP contribution in [0.2, 0.25) is 0 Å². The van der Waals surface area contributed by atoms with Crippen molar-refractivity contribution in [2.45, 2.75) is 59.0 Å². The van der Waals surface area contributed by atoms with Gasteiger partial charge in [0.1, 0.15) is 0 Å². The van der Waals surface area contributed by atoms with Crippen LogP contribution in [0.3, 0.4) is 0 Å². The van der Waals surface area contributed by atoms with E-state index in [1.54, 1.807) is 0 Å². The van der Waals surface area contributed by atoms with E-state index >= 15 is 0 Å². The van der Waals surface area contributed by atoms with E-state index in [1.165, 1.54) is 5.56 Å². The lowest BCUT2D eigenvalue weighted by atomic mass is 9.75. The Morgan fingerprint density at radius 3 is 2.00 bits per heavy atom. The molecule has 0 saturated carbocycles. The highest BCUT2D eigenvalue weighted by Crippen LogP contribution is 2.34. The van der Waals surface area contributed by atoms with Gasteiger partial charge in [0.05, 0.1) is 5.54 Å². The lowest BCUT2D eigenvalue weighted by Crippen LogP contribution is -2.56. The van der Waals surface area contributed by atoms with Crippen LogP contribution < -0.4 is 5.73 Å². The first-order chi connectivity index (χ1) is 9.49. The second-order valence-corrected chi connectivity index (χ2v) is 6.15. The van der Waals surface area contributed by atoms with E-state index in [0.29, 0.717) is 12.0 Å². The van der Waals surface area contributed by atoms with Crippen LogP contribution in [0.15, 0.2) is 30.3 Å². The SMILES string of the molecule is CCC(N(CC)CC)C(N)(CC(C)C)c1ccccc1. The molecule has 0 radical (unpaired) electrons. The summed E-state index contributed by atoms with van der Waals surface area (Å²) in [5.74, 6) is 0.588. The van der Waals surface area contributed by atoms with Crippen LogP contribution in [-0.2, 0) is 5.54 Å². The van der Waals surface area contributed by atoms with Crippen LogP contribution >= 0.6 is 0 Å². The molecule has 1 aromatic carbocycles. The summed E-state index contributed by atoms with van der Waals surface area (Å²) < 4.78 is 0. The molecule has 0 fully saturated rings. The summed E-state index contributed by atoms with van der Waals surface area (Å²) in [6.45, 7) is 13.4. The molecule has 2 N–H and O–H groups in total. The van der Waals surface area contributed by atoms with Gasteiger partial charge in [-0.2, -0.15) is 0 Å². The summed E-state index contributed by atoms with van der Waals surface area (Å²) in [6.07, 6.45) is 2.10. The second-order valence-electron chi connectivity index (χ2n) is 6.15. The number of hydrogen-bond acceptors (Lipinski definition) is 2. The van der Waals surface area contributed by atoms with Gasteiger partial charge in [0.15, 0.2) is 0 Å². The van der Waals surface area contributed by atoms with E-state index in [2.05, 4.69) is 69.9 Å². The Morgan fingerprint density at radius 2 is 1.60 bits per heavy atom. The topological polar surface area (TPSA) is 29.3 Å². The van der Waals surface area contributed by atoms with Gasteiger partial charge in [0.2, 0.25) is 0 Å². The fraction of sp³-hybridized carbons (Fsp3) is 0.667. The van der Waals surface area contributed by atoms with Crippen molar-refractivity contribution in [3.63, 3.8) is 0 Å². The largest absolute Gasteiger partial charge is 0.320 e. The molecule has 2 atom stereocenters. The molecule has 20 heavy (non-hydrogen) atoms. The standard InChI is InChI=1S/C18H32N2/c1-6-17(20(7-2)8-3)18(19,14-15(4)5)16-12-10-9-11-13-16/h9-13,15,17H,6-8,14,19H2,1-5H3. The third kappa shape index (κ3) is 3.83. The highest BCUT2D eigenvalue weighted by Gasteiger charge is 2.38. The second kappa shape index (κ2) is 7.80. The first-order valence-electron chi connectivity index (χ1n) is 8.07. The lowest BCUT2D eigenvalue weighted by molar-refractivity contribution is 0.108. The van der Waals surface area contributed by atoms with E-state index in [1.807, 2.05) is 0 Å². The van der Waals surface area contributed by atoms with Gasteiger partial charge in [0, 0.05) is 6.04 Å². The normalized spacial score (nSPS) is 16.4. The van der Waals surface area contributed by atoms with Crippen molar-refractivity contribution in [3.05, 3.63) is 35.9 Å². The van der Waals surface area contributed by atoms with Crippen LogP contribution in [0.25, 0.3) is 0 Å². The molecule has 2 nitrogen and oxygen atoms in total. The van der Waals surface area contributed by atoms with Crippen LogP contribution in [0.5, 0.6) is 0 Å². The van der Waals surface area contributed by atoms with Crippen molar-refractivity contribution in [2.24, 2.45) is 11.7 Å². The van der Waals surface area contributed by atoms with Gasteiger partial charge < -0.3 is 5.73 Å². The van der Waals surface area contributed by atoms with Crippen LogP contribution in [0, 0.1) is 5.92 Å². The fourth-order valence-electron chi connectivity index (χ4n) is 3.48. The smallest absolute Gasteiger partial charge is 0.0569 e. The summed E-state index contributed by atoms with van der Waals surface area (Å²) >= 11 is 0. The molecule has 0 amide bonds. The van der Waals surface area contributed by atoms with Crippen LogP contribution in [0.4, 0.5) is 0 Å². The van der Waals surface area contributed by atoms with E-state index in [9.17, 15) is 0 Å². The van der Waals surface area contributed by atoms with Gasteiger partial charge in [0.25, 0.3) is 0 Å². The zero-order valence-electron chi connectivity index (χ0n) is 13.9. The monoisotopic (exact) mass is 276 g/mol. The quantitative estimate of drug-likeness (QED) is 0.777. The van der Waals surface area contributed by atoms with E-state index in [0.717, 1.165) is 25.9 Å². The van der Waals surface area contributed by atoms with E-state index in [-0.39, 0.29) is 5.54 Å². The number of hydrogen-bond donors (Lipinski definition) is 1. The minimum Gasteiger partial charge on any atom is -0.320 e. The number of nitrogens with zero attached hydrogens (tertiary/aromatic N) is 1. The summed E-state index contributed by atoms with van der Waals surface area (Å²) in [5, 5.41) is 0. The van der Waals surface area contributed by atoms with Gasteiger partial charge in [-0.1, -0.05) is 65.0 Å². The summed E-state index contributed by atoms with van der Waals surface area (Å²) in [6, 6.07) is 11.0. The Labute approximate surface area is 125 Å².